The maximum Gasteiger partial charge on any atom is 0.246 e. The van der Waals surface area contributed by atoms with Gasteiger partial charge in [0.1, 0.15) is 10.6 Å². The SMILES string of the molecule is COc1cc(Cl)ccc1S(=O)(=O)N1CCCC(CCO)C1. The van der Waals surface area contributed by atoms with Crippen LogP contribution in [0.2, 0.25) is 5.02 Å². The van der Waals surface area contributed by atoms with Crippen LogP contribution in [0.4, 0.5) is 0 Å². The number of sulfonamides is 1. The molecule has 0 radical (unpaired) electrons. The second-order valence-electron chi connectivity index (χ2n) is 5.18. The van der Waals surface area contributed by atoms with Crippen LogP contribution < -0.4 is 4.74 Å². The van der Waals surface area contributed by atoms with Crippen molar-refractivity contribution in [3.05, 3.63) is 23.2 Å². The van der Waals surface area contributed by atoms with E-state index in [1.165, 1.54) is 23.5 Å². The van der Waals surface area contributed by atoms with Gasteiger partial charge in [0.05, 0.1) is 7.11 Å². The van der Waals surface area contributed by atoms with Crippen molar-refractivity contribution in [2.45, 2.75) is 24.2 Å². The Hall–Kier alpha value is -0.820. The number of hydrogen-bond acceptors (Lipinski definition) is 4. The lowest BCUT2D eigenvalue weighted by atomic mass is 9.97. The van der Waals surface area contributed by atoms with Crippen LogP contribution in [0.3, 0.4) is 0 Å². The van der Waals surface area contributed by atoms with Crippen LogP contribution in [0, 0.1) is 5.92 Å². The zero-order valence-corrected chi connectivity index (χ0v) is 13.5. The Morgan fingerprint density at radius 2 is 2.24 bits per heavy atom. The van der Waals surface area contributed by atoms with Crippen LogP contribution >= 0.6 is 11.6 Å². The normalized spacial score (nSPS) is 20.4. The Kier molecular flexibility index (Phi) is 5.48. The van der Waals surface area contributed by atoms with Crippen molar-refractivity contribution in [1.29, 1.82) is 0 Å². The standard InChI is InChI=1S/C14H20ClNO4S/c1-20-13-9-12(15)4-5-14(13)21(18,19)16-7-2-3-11(10-16)6-8-17/h4-5,9,11,17H,2-3,6-8,10H2,1H3. The fourth-order valence-electron chi connectivity index (χ4n) is 2.66. The van der Waals surface area contributed by atoms with Gasteiger partial charge < -0.3 is 9.84 Å². The first-order valence-electron chi connectivity index (χ1n) is 6.93. The highest BCUT2D eigenvalue weighted by Gasteiger charge is 2.32. The fraction of sp³-hybridized carbons (Fsp3) is 0.571. The summed E-state index contributed by atoms with van der Waals surface area (Å²) in [6.07, 6.45) is 2.38. The molecule has 1 aromatic carbocycles. The minimum Gasteiger partial charge on any atom is -0.495 e. The van der Waals surface area contributed by atoms with E-state index in [1.807, 2.05) is 0 Å². The lowest BCUT2D eigenvalue weighted by Gasteiger charge is -2.32. The summed E-state index contributed by atoms with van der Waals surface area (Å²) in [7, 11) is -2.18. The van der Waals surface area contributed by atoms with E-state index in [1.54, 1.807) is 6.07 Å². The van der Waals surface area contributed by atoms with Gasteiger partial charge in [0.15, 0.2) is 0 Å². The third-order valence-electron chi connectivity index (χ3n) is 3.76. The summed E-state index contributed by atoms with van der Waals surface area (Å²) >= 11 is 5.88. The number of halogens is 1. The van der Waals surface area contributed by atoms with E-state index in [0.717, 1.165) is 12.8 Å². The third-order valence-corrected chi connectivity index (χ3v) is 5.90. The van der Waals surface area contributed by atoms with Gasteiger partial charge in [-0.25, -0.2) is 8.42 Å². The molecule has 0 aromatic heterocycles. The quantitative estimate of drug-likeness (QED) is 0.896. The van der Waals surface area contributed by atoms with Gasteiger partial charge in [-0.15, -0.1) is 0 Å². The summed E-state index contributed by atoms with van der Waals surface area (Å²) < 4.78 is 32.2. The van der Waals surface area contributed by atoms with E-state index in [-0.39, 0.29) is 23.2 Å². The second-order valence-corrected chi connectivity index (χ2v) is 7.52. The molecule has 1 aliphatic rings. The molecule has 0 aliphatic carbocycles. The molecule has 1 saturated heterocycles. The Balaban J connectivity index is 2.29. The number of hydrogen-bond donors (Lipinski definition) is 1. The van der Waals surface area contributed by atoms with E-state index >= 15 is 0 Å². The fourth-order valence-corrected chi connectivity index (χ4v) is 4.51. The van der Waals surface area contributed by atoms with Gasteiger partial charge in [-0.2, -0.15) is 4.31 Å². The van der Waals surface area contributed by atoms with Crippen molar-refractivity contribution < 1.29 is 18.3 Å². The topological polar surface area (TPSA) is 66.8 Å². The zero-order valence-electron chi connectivity index (χ0n) is 12.0. The van der Waals surface area contributed by atoms with Gasteiger partial charge in [0, 0.05) is 30.8 Å². The van der Waals surface area contributed by atoms with Gasteiger partial charge >= 0.3 is 0 Å². The average molecular weight is 334 g/mol. The summed E-state index contributed by atoms with van der Waals surface area (Å²) in [5.74, 6) is 0.462. The zero-order chi connectivity index (χ0) is 15.5. The van der Waals surface area contributed by atoms with Crippen LogP contribution in [0.25, 0.3) is 0 Å². The van der Waals surface area contributed by atoms with Crippen molar-refractivity contribution in [1.82, 2.24) is 4.31 Å². The molecule has 2 rings (SSSR count). The summed E-state index contributed by atoms with van der Waals surface area (Å²) in [5.41, 5.74) is 0. The molecule has 1 fully saturated rings. The van der Waals surface area contributed by atoms with Crippen LogP contribution in [0.15, 0.2) is 23.1 Å². The molecular formula is C14H20ClNO4S. The molecule has 7 heteroatoms. The number of piperidine rings is 1. The maximum absolute atomic E-state index is 12.8. The number of benzene rings is 1. The van der Waals surface area contributed by atoms with E-state index in [4.69, 9.17) is 21.4 Å². The van der Waals surface area contributed by atoms with E-state index < -0.39 is 10.0 Å². The van der Waals surface area contributed by atoms with Crippen LogP contribution in [0.5, 0.6) is 5.75 Å². The molecule has 1 heterocycles. The first-order valence-corrected chi connectivity index (χ1v) is 8.75. The number of methoxy groups -OCH3 is 1. The van der Waals surface area contributed by atoms with Crippen molar-refractivity contribution in [2.24, 2.45) is 5.92 Å². The monoisotopic (exact) mass is 333 g/mol. The second kappa shape index (κ2) is 6.96. The minimum atomic E-state index is -3.60. The van der Waals surface area contributed by atoms with Crippen molar-refractivity contribution in [3.63, 3.8) is 0 Å². The van der Waals surface area contributed by atoms with Crippen molar-refractivity contribution in [3.8, 4) is 5.75 Å². The molecule has 0 amide bonds. The highest BCUT2D eigenvalue weighted by atomic mass is 35.5. The average Bonchev–Trinajstić information content (AvgIpc) is 2.47. The van der Waals surface area contributed by atoms with Gasteiger partial charge in [-0.05, 0) is 37.3 Å². The molecule has 1 unspecified atom stereocenters. The van der Waals surface area contributed by atoms with Gasteiger partial charge in [-0.3, -0.25) is 0 Å². The lowest BCUT2D eigenvalue weighted by Crippen LogP contribution is -2.40. The van der Waals surface area contributed by atoms with Crippen molar-refractivity contribution >= 4 is 21.6 Å². The Morgan fingerprint density at radius 1 is 1.48 bits per heavy atom. The van der Waals surface area contributed by atoms with E-state index in [2.05, 4.69) is 0 Å². The number of nitrogens with zero attached hydrogens (tertiary/aromatic N) is 1. The van der Waals surface area contributed by atoms with Gasteiger partial charge in [-0.1, -0.05) is 11.6 Å². The maximum atomic E-state index is 12.8. The molecule has 5 nitrogen and oxygen atoms in total. The Morgan fingerprint density at radius 3 is 2.90 bits per heavy atom. The lowest BCUT2D eigenvalue weighted by molar-refractivity contribution is 0.202. The van der Waals surface area contributed by atoms with Crippen molar-refractivity contribution in [2.75, 3.05) is 26.8 Å². The molecule has 1 aromatic rings. The molecule has 118 valence electrons. The van der Waals surface area contributed by atoms with Crippen LogP contribution in [-0.2, 0) is 10.0 Å². The predicted molar refractivity (Wildman–Crippen MR) is 81.2 cm³/mol. The first kappa shape index (κ1) is 16.5. The first-order chi connectivity index (χ1) is 9.98. The summed E-state index contributed by atoms with van der Waals surface area (Å²) in [6, 6.07) is 4.53. The molecule has 21 heavy (non-hydrogen) atoms. The highest BCUT2D eigenvalue weighted by molar-refractivity contribution is 7.89. The Bertz CT molecular complexity index is 589. The largest absolute Gasteiger partial charge is 0.495 e. The number of aliphatic hydroxyl groups is 1. The number of aliphatic hydroxyl groups excluding tert-OH is 1. The summed E-state index contributed by atoms with van der Waals surface area (Å²) in [4.78, 5) is 0.138. The van der Waals surface area contributed by atoms with Gasteiger partial charge in [0.2, 0.25) is 10.0 Å². The smallest absolute Gasteiger partial charge is 0.246 e. The minimum absolute atomic E-state index is 0.0861. The van der Waals surface area contributed by atoms with E-state index in [0.29, 0.717) is 24.5 Å². The molecule has 1 atom stereocenters. The molecule has 1 aliphatic heterocycles. The third kappa shape index (κ3) is 3.69. The summed E-state index contributed by atoms with van der Waals surface area (Å²) in [6.45, 7) is 1.02. The Labute approximate surface area is 130 Å². The molecule has 0 spiro atoms. The van der Waals surface area contributed by atoms with Crippen LogP contribution in [-0.4, -0.2) is 44.6 Å². The number of ether oxygens (including phenoxy) is 1. The van der Waals surface area contributed by atoms with Gasteiger partial charge in [0.25, 0.3) is 0 Å². The number of rotatable bonds is 5. The molecule has 0 saturated carbocycles. The highest BCUT2D eigenvalue weighted by Crippen LogP contribution is 2.32. The van der Waals surface area contributed by atoms with E-state index in [9.17, 15) is 8.42 Å². The molecule has 0 bridgehead atoms. The van der Waals surface area contributed by atoms with Crippen LogP contribution in [0.1, 0.15) is 19.3 Å². The summed E-state index contributed by atoms with van der Waals surface area (Å²) in [5, 5.41) is 9.47. The predicted octanol–water partition coefficient (Wildman–Crippen LogP) is 2.13. The molecular weight excluding hydrogens is 314 g/mol. The molecule has 1 N–H and O–H groups in total.